The maximum absolute atomic E-state index is 10.5. The lowest BCUT2D eigenvalue weighted by atomic mass is 9.63. The Labute approximate surface area is 516 Å². The highest BCUT2D eigenvalue weighted by atomic mass is 16.5. The van der Waals surface area contributed by atoms with Gasteiger partial charge in [0.15, 0.2) is 0 Å². The highest BCUT2D eigenvalue weighted by Crippen LogP contribution is 2.54. The summed E-state index contributed by atoms with van der Waals surface area (Å²) in [4.78, 5) is 9.17. The number of ether oxygens (including phenoxy) is 1. The first-order chi connectivity index (χ1) is 45.4. The lowest BCUT2D eigenvalue weighted by molar-refractivity contribution is 0.332. The lowest BCUT2D eigenvalue weighted by Gasteiger charge is -2.42. The molecule has 0 spiro atoms. The molecule has 0 unspecified atom stereocenters. The van der Waals surface area contributed by atoms with E-state index in [2.05, 4.69) is 70.4 Å². The third-order valence-electron chi connectivity index (χ3n) is 16.8. The number of anilines is 4. The maximum Gasteiger partial charge on any atom is 0.137 e. The molecular formula is C78H84N4O. The first-order valence-electron chi connectivity index (χ1n) is 36.5. The normalized spacial score (nSPS) is 17.8. The van der Waals surface area contributed by atoms with Gasteiger partial charge in [-0.25, -0.2) is 4.98 Å². The van der Waals surface area contributed by atoms with Crippen molar-refractivity contribution in [2.75, 3.05) is 16.5 Å². The summed E-state index contributed by atoms with van der Waals surface area (Å²) in [5.41, 5.74) is 5.56. The minimum Gasteiger partial charge on any atom is -0.457 e. The van der Waals surface area contributed by atoms with Crippen molar-refractivity contribution in [1.29, 1.82) is 0 Å². The Kier molecular flexibility index (Phi) is 9.67. The van der Waals surface area contributed by atoms with E-state index in [1.165, 1.54) is 6.20 Å². The van der Waals surface area contributed by atoms with Gasteiger partial charge in [-0.15, -0.1) is 0 Å². The second kappa shape index (κ2) is 19.9. The molecule has 0 radical (unpaired) electrons. The fraction of sp³-hybridized carbons (Fsp3) is 0.321. The van der Waals surface area contributed by atoms with Crippen molar-refractivity contribution in [3.63, 3.8) is 0 Å². The molecule has 0 amide bonds. The zero-order chi connectivity index (χ0) is 71.8. The van der Waals surface area contributed by atoms with Crippen LogP contribution in [0.3, 0.4) is 0 Å². The Morgan fingerprint density at radius 3 is 1.76 bits per heavy atom. The van der Waals surface area contributed by atoms with Gasteiger partial charge in [-0.1, -0.05) is 214 Å². The molecular weight excluding hydrogens is 1010 g/mol. The molecule has 0 N–H and O–H groups in total. The molecule has 1 aliphatic carbocycles. The number of pyridine rings is 1. The number of rotatable bonds is 8. The molecule has 0 bridgehead atoms. The van der Waals surface area contributed by atoms with E-state index >= 15 is 0 Å². The standard InChI is InChI=1S/C78H84N4O/c1-73(2,3)53-39-52(40-54(42-53)74(4,5)6)62-44-55(75(7,8)9)43-61(51-33-36-64-66(41-51)78(15,16)38-37-77(64,13)14)72(62)81-49-80(68-31-22-23-32-69(68)81)56-27-24-28-57(45-56)83-58-34-35-60-59-29-20-21-30-67(59)82(70(60)46-58)71-47-65(76(10,11)12)63(48-79-71)50-25-18-17-19-26-50/h17-36,39-48H,37-38,49H2,1-16H3/i17D,18D,19D,20D,21D,25D,26D,29D,30D,33D,36D,39D,40D,41D,42D. The Balaban J connectivity index is 1.06. The van der Waals surface area contributed by atoms with Crippen LogP contribution in [-0.4, -0.2) is 16.2 Å². The van der Waals surface area contributed by atoms with Crippen LogP contribution in [0.15, 0.2) is 182 Å². The van der Waals surface area contributed by atoms with Crippen molar-refractivity contribution in [1.82, 2.24) is 9.55 Å². The van der Waals surface area contributed by atoms with Gasteiger partial charge in [0.05, 0.1) is 48.7 Å². The molecule has 3 heterocycles. The summed E-state index contributed by atoms with van der Waals surface area (Å²) in [6.45, 7) is 32.7. The van der Waals surface area contributed by atoms with Gasteiger partial charge in [0.25, 0.3) is 0 Å². The van der Waals surface area contributed by atoms with Gasteiger partial charge in [-0.2, -0.15) is 0 Å². The average molecular weight is 1110 g/mol. The van der Waals surface area contributed by atoms with Gasteiger partial charge in [0.2, 0.25) is 0 Å². The summed E-state index contributed by atoms with van der Waals surface area (Å²) in [6.07, 6.45) is 3.01. The topological polar surface area (TPSA) is 33.5 Å². The van der Waals surface area contributed by atoms with Crippen LogP contribution in [0.5, 0.6) is 11.5 Å². The molecule has 0 atom stereocenters. The smallest absolute Gasteiger partial charge is 0.137 e. The van der Waals surface area contributed by atoms with Crippen LogP contribution in [0.25, 0.3) is 61.0 Å². The number of hydrogen-bond donors (Lipinski definition) is 0. The van der Waals surface area contributed by atoms with Crippen molar-refractivity contribution in [2.45, 2.75) is 156 Å². The number of aromatic nitrogens is 2. The molecule has 0 saturated carbocycles. The van der Waals surface area contributed by atoms with Crippen LogP contribution >= 0.6 is 0 Å². The molecule has 0 fully saturated rings. The number of para-hydroxylation sites is 3. The summed E-state index contributed by atoms with van der Waals surface area (Å²) < 4.78 is 149. The molecule has 2 aliphatic rings. The minimum absolute atomic E-state index is 0.0187. The second-order valence-corrected chi connectivity index (χ2v) is 28.1. The van der Waals surface area contributed by atoms with E-state index < -0.39 is 62.7 Å². The van der Waals surface area contributed by atoms with Gasteiger partial charge in [-0.05, 0) is 156 Å². The quantitative estimate of drug-likeness (QED) is 0.152. The average Bonchev–Trinajstić information content (AvgIpc) is 0.810. The summed E-state index contributed by atoms with van der Waals surface area (Å²) in [6, 6.07) is 23.4. The third-order valence-corrected chi connectivity index (χ3v) is 16.8. The number of hydrogen-bond acceptors (Lipinski definition) is 4. The van der Waals surface area contributed by atoms with Crippen molar-refractivity contribution in [3.8, 4) is 50.7 Å². The van der Waals surface area contributed by atoms with E-state index in [0.717, 1.165) is 35.3 Å². The van der Waals surface area contributed by atoms with E-state index in [1.54, 1.807) is 28.8 Å². The molecule has 2 aromatic heterocycles. The van der Waals surface area contributed by atoms with Crippen LogP contribution in [0.4, 0.5) is 22.7 Å². The SMILES string of the molecule is [2H]c1c([2H])c([2H])c(-c2cnc(-n3c4cc(Oc5cccc(N6CN(c7c(-c8c([2H])c(C(C)(C)C)c([2H])c(C(C)(C)C)c8[2H])cc(C(C)(C)C)cc7-c7c([2H])c([2H])c8c(c7[2H])C(C)(C)CCC8(C)C)c7ccccc76)c5)ccc4c4c([2H])c([2H])c([2H])c([2H])c43)cc2C(C)(C)C)c([2H])c1[2H]. The van der Waals surface area contributed by atoms with Crippen molar-refractivity contribution >= 4 is 44.6 Å². The molecule has 1 aliphatic heterocycles. The molecule has 422 valence electrons. The van der Waals surface area contributed by atoms with Crippen LogP contribution in [-0.2, 0) is 32.5 Å². The molecule has 5 nitrogen and oxygen atoms in total. The molecule has 83 heavy (non-hydrogen) atoms. The molecule has 8 aromatic carbocycles. The molecule has 10 aromatic rings. The fourth-order valence-corrected chi connectivity index (χ4v) is 11.8. The van der Waals surface area contributed by atoms with E-state index in [0.29, 0.717) is 83.8 Å². The number of nitrogens with zero attached hydrogens (tertiary/aromatic N) is 4. The zero-order valence-electron chi connectivity index (χ0n) is 66.0. The van der Waals surface area contributed by atoms with Gasteiger partial charge in [-0.3, -0.25) is 4.57 Å². The van der Waals surface area contributed by atoms with E-state index in [1.807, 2.05) is 111 Å². The largest absolute Gasteiger partial charge is 0.457 e. The Hall–Kier alpha value is -7.89. The molecule has 5 heteroatoms. The van der Waals surface area contributed by atoms with Crippen molar-refractivity contribution in [2.24, 2.45) is 0 Å². The van der Waals surface area contributed by atoms with Crippen molar-refractivity contribution in [3.05, 3.63) is 215 Å². The van der Waals surface area contributed by atoms with Crippen LogP contribution in [0, 0.1) is 0 Å². The predicted molar refractivity (Wildman–Crippen MR) is 354 cm³/mol. The first-order valence-corrected chi connectivity index (χ1v) is 29.0. The highest BCUT2D eigenvalue weighted by Gasteiger charge is 2.39. The van der Waals surface area contributed by atoms with Crippen LogP contribution < -0.4 is 14.5 Å². The number of fused-ring (bicyclic) bond motifs is 5. The second-order valence-electron chi connectivity index (χ2n) is 28.1. The zero-order valence-corrected chi connectivity index (χ0v) is 51.0. The minimum atomic E-state index is -0.709. The lowest BCUT2D eigenvalue weighted by Crippen LogP contribution is -2.33. The van der Waals surface area contributed by atoms with Crippen molar-refractivity contribution < 1.29 is 25.3 Å². The predicted octanol–water partition coefficient (Wildman–Crippen LogP) is 21.8. The summed E-state index contributed by atoms with van der Waals surface area (Å²) in [5, 5.41) is 0.731. The van der Waals surface area contributed by atoms with E-state index in [-0.39, 0.29) is 89.4 Å². The highest BCUT2D eigenvalue weighted by molar-refractivity contribution is 6.09. The maximum atomic E-state index is 10.5. The Bertz CT molecular complexity index is 4990. The van der Waals surface area contributed by atoms with Gasteiger partial charge >= 0.3 is 0 Å². The summed E-state index contributed by atoms with van der Waals surface area (Å²) in [7, 11) is 0. The van der Waals surface area contributed by atoms with Gasteiger partial charge in [0.1, 0.15) is 24.0 Å². The first kappa shape index (κ1) is 40.4. The number of benzene rings is 8. The third kappa shape index (κ3) is 10.2. The van der Waals surface area contributed by atoms with E-state index in [9.17, 15) is 11.0 Å². The van der Waals surface area contributed by atoms with Crippen LogP contribution in [0.1, 0.15) is 178 Å². The Morgan fingerprint density at radius 1 is 0.482 bits per heavy atom. The summed E-state index contributed by atoms with van der Waals surface area (Å²) in [5.74, 6) is 1.02. The molecule has 0 saturated heterocycles. The van der Waals surface area contributed by atoms with Gasteiger partial charge < -0.3 is 14.5 Å². The van der Waals surface area contributed by atoms with Crippen LogP contribution in [0.2, 0.25) is 0 Å². The summed E-state index contributed by atoms with van der Waals surface area (Å²) >= 11 is 0. The fourth-order valence-electron chi connectivity index (χ4n) is 11.8. The Morgan fingerprint density at radius 2 is 1.10 bits per heavy atom. The monoisotopic (exact) mass is 1110 g/mol. The van der Waals surface area contributed by atoms with Gasteiger partial charge in [0, 0.05) is 51.5 Å². The molecule has 12 rings (SSSR count). The van der Waals surface area contributed by atoms with E-state index in [4.69, 9.17) is 19.3 Å².